The molecule has 144 valence electrons. The monoisotopic (exact) mass is 380 g/mol. The van der Waals surface area contributed by atoms with Crippen molar-refractivity contribution in [2.24, 2.45) is 0 Å². The summed E-state index contributed by atoms with van der Waals surface area (Å²) >= 11 is 0. The van der Waals surface area contributed by atoms with Crippen LogP contribution in [0.4, 0.5) is 5.69 Å². The second-order valence-corrected chi connectivity index (χ2v) is 6.53. The molecule has 0 spiro atoms. The average molecular weight is 380 g/mol. The lowest BCUT2D eigenvalue weighted by molar-refractivity contribution is -0.385. The fourth-order valence-corrected chi connectivity index (χ4v) is 3.40. The molecule has 28 heavy (non-hydrogen) atoms. The number of Topliss-reactive ketones (excluding diaryl/α,β-unsaturated/α-hetero) is 1. The van der Waals surface area contributed by atoms with Gasteiger partial charge in [0, 0.05) is 18.2 Å². The molecule has 1 fully saturated rings. The zero-order valence-electron chi connectivity index (χ0n) is 15.4. The first kappa shape index (κ1) is 19.3. The minimum Gasteiger partial charge on any atom is -0.507 e. The molecule has 1 N–H and O–H groups in total. The Morgan fingerprint density at radius 3 is 2.39 bits per heavy atom. The number of aliphatic hydroxyl groups is 1. The minimum atomic E-state index is -1.01. The molecular weight excluding hydrogens is 360 g/mol. The molecule has 0 aliphatic carbocycles. The van der Waals surface area contributed by atoms with E-state index in [1.807, 2.05) is 6.92 Å². The minimum absolute atomic E-state index is 0.124. The zero-order chi connectivity index (χ0) is 20.3. The second-order valence-electron chi connectivity index (χ2n) is 6.53. The summed E-state index contributed by atoms with van der Waals surface area (Å²) in [7, 11) is 0. The lowest BCUT2D eigenvalue weighted by Gasteiger charge is -2.25. The van der Waals surface area contributed by atoms with Crippen molar-refractivity contribution in [1.82, 2.24) is 4.90 Å². The number of nitro benzene ring substituents is 1. The summed E-state index contributed by atoms with van der Waals surface area (Å²) in [5, 5.41) is 22.4. The van der Waals surface area contributed by atoms with Gasteiger partial charge >= 0.3 is 0 Å². The van der Waals surface area contributed by atoms with Crippen LogP contribution in [0.5, 0.6) is 0 Å². The summed E-state index contributed by atoms with van der Waals surface area (Å²) in [6, 6.07) is 13.4. The van der Waals surface area contributed by atoms with E-state index in [4.69, 9.17) is 0 Å². The van der Waals surface area contributed by atoms with E-state index in [1.165, 1.54) is 23.1 Å². The Morgan fingerprint density at radius 2 is 1.75 bits per heavy atom. The summed E-state index contributed by atoms with van der Waals surface area (Å²) in [5.74, 6) is -1.92. The van der Waals surface area contributed by atoms with Gasteiger partial charge in [0.25, 0.3) is 17.4 Å². The van der Waals surface area contributed by atoms with Gasteiger partial charge in [-0.05, 0) is 12.5 Å². The fraction of sp³-hybridized carbons (Fsp3) is 0.238. The van der Waals surface area contributed by atoms with Crippen LogP contribution in [0.25, 0.3) is 5.76 Å². The van der Waals surface area contributed by atoms with Gasteiger partial charge < -0.3 is 10.0 Å². The topological polar surface area (TPSA) is 101 Å². The third kappa shape index (κ3) is 3.38. The van der Waals surface area contributed by atoms with Gasteiger partial charge in [0.2, 0.25) is 0 Å². The van der Waals surface area contributed by atoms with Crippen molar-refractivity contribution in [3.05, 3.63) is 81.4 Å². The molecule has 2 aromatic carbocycles. The van der Waals surface area contributed by atoms with Gasteiger partial charge in [-0.15, -0.1) is 0 Å². The molecule has 1 aliphatic rings. The van der Waals surface area contributed by atoms with Crippen molar-refractivity contribution in [3.63, 3.8) is 0 Å². The number of amides is 1. The van der Waals surface area contributed by atoms with Crippen molar-refractivity contribution in [1.29, 1.82) is 0 Å². The number of unbranched alkanes of at least 4 members (excludes halogenated alkanes) is 1. The summed E-state index contributed by atoms with van der Waals surface area (Å²) in [5.41, 5.74) is 0.260. The molecule has 1 amide bonds. The quantitative estimate of drug-likeness (QED) is 0.270. The van der Waals surface area contributed by atoms with Crippen molar-refractivity contribution >= 4 is 23.1 Å². The molecule has 0 radical (unpaired) electrons. The van der Waals surface area contributed by atoms with E-state index in [1.54, 1.807) is 36.4 Å². The Labute approximate surface area is 162 Å². The van der Waals surface area contributed by atoms with Crippen LogP contribution in [-0.4, -0.2) is 33.2 Å². The Bertz CT molecular complexity index is 952. The van der Waals surface area contributed by atoms with Crippen LogP contribution >= 0.6 is 0 Å². The summed E-state index contributed by atoms with van der Waals surface area (Å²) in [4.78, 5) is 37.8. The Balaban J connectivity index is 2.24. The highest BCUT2D eigenvalue weighted by atomic mass is 16.6. The fourth-order valence-electron chi connectivity index (χ4n) is 3.40. The van der Waals surface area contributed by atoms with Crippen molar-refractivity contribution < 1.29 is 19.6 Å². The summed E-state index contributed by atoms with van der Waals surface area (Å²) < 4.78 is 0. The molecule has 0 saturated carbocycles. The number of rotatable bonds is 6. The number of aliphatic hydroxyl groups excluding tert-OH is 1. The third-order valence-electron chi connectivity index (χ3n) is 4.77. The number of nitrogens with zero attached hydrogens (tertiary/aromatic N) is 2. The van der Waals surface area contributed by atoms with Gasteiger partial charge in [0.1, 0.15) is 5.76 Å². The van der Waals surface area contributed by atoms with Gasteiger partial charge in [-0.3, -0.25) is 19.7 Å². The molecule has 0 unspecified atom stereocenters. The number of carbonyl (C=O) groups excluding carboxylic acids is 2. The smallest absolute Gasteiger partial charge is 0.295 e. The third-order valence-corrected chi connectivity index (χ3v) is 4.77. The lowest BCUT2D eigenvalue weighted by atomic mass is 9.94. The number of hydrogen-bond acceptors (Lipinski definition) is 5. The van der Waals surface area contributed by atoms with Crippen LogP contribution < -0.4 is 0 Å². The van der Waals surface area contributed by atoms with Gasteiger partial charge in [-0.1, -0.05) is 55.8 Å². The number of nitro groups is 1. The largest absolute Gasteiger partial charge is 0.507 e. The average Bonchev–Trinajstić information content (AvgIpc) is 2.96. The van der Waals surface area contributed by atoms with E-state index in [0.717, 1.165) is 6.42 Å². The standard InChI is InChI=1S/C21H20N2O5/c1-2-3-13-22-18(15-11-7-8-12-16(15)23(27)28)17(20(25)21(22)26)19(24)14-9-5-4-6-10-14/h4-12,18,24H,2-3,13H2,1H3/b19-17+/t18-/m0/s1. The first-order valence-electron chi connectivity index (χ1n) is 9.04. The zero-order valence-corrected chi connectivity index (χ0v) is 15.4. The van der Waals surface area contributed by atoms with E-state index >= 15 is 0 Å². The Morgan fingerprint density at radius 1 is 1.11 bits per heavy atom. The highest BCUT2D eigenvalue weighted by molar-refractivity contribution is 6.46. The van der Waals surface area contributed by atoms with Crippen LogP contribution in [0.1, 0.15) is 36.9 Å². The summed E-state index contributed by atoms with van der Waals surface area (Å²) in [6.07, 6.45) is 1.42. The maximum absolute atomic E-state index is 12.8. The first-order valence-corrected chi connectivity index (χ1v) is 9.04. The van der Waals surface area contributed by atoms with Crippen LogP contribution in [0, 0.1) is 10.1 Å². The van der Waals surface area contributed by atoms with E-state index in [0.29, 0.717) is 12.0 Å². The molecule has 7 heteroatoms. The first-order chi connectivity index (χ1) is 13.5. The molecular formula is C21H20N2O5. The second kappa shape index (κ2) is 8.04. The molecule has 7 nitrogen and oxygen atoms in total. The van der Waals surface area contributed by atoms with Crippen LogP contribution in [0.3, 0.4) is 0 Å². The number of para-hydroxylation sites is 1. The predicted octanol–water partition coefficient (Wildman–Crippen LogP) is 3.82. The normalized spacial score (nSPS) is 18.5. The van der Waals surface area contributed by atoms with Crippen LogP contribution in [0.15, 0.2) is 60.2 Å². The number of hydrogen-bond donors (Lipinski definition) is 1. The number of likely N-dealkylation sites (tertiary alicyclic amines) is 1. The maximum Gasteiger partial charge on any atom is 0.295 e. The molecule has 1 atom stereocenters. The summed E-state index contributed by atoms with van der Waals surface area (Å²) in [6.45, 7) is 2.21. The van der Waals surface area contributed by atoms with Gasteiger partial charge in [0.05, 0.1) is 22.1 Å². The van der Waals surface area contributed by atoms with E-state index < -0.39 is 22.7 Å². The Kier molecular flexibility index (Phi) is 5.54. The van der Waals surface area contributed by atoms with E-state index in [9.17, 15) is 24.8 Å². The molecule has 1 heterocycles. The molecule has 2 aromatic rings. The molecule has 3 rings (SSSR count). The number of ketones is 1. The highest BCUT2D eigenvalue weighted by Gasteiger charge is 2.47. The van der Waals surface area contributed by atoms with Crippen LogP contribution in [0.2, 0.25) is 0 Å². The van der Waals surface area contributed by atoms with Crippen molar-refractivity contribution in [2.75, 3.05) is 6.54 Å². The van der Waals surface area contributed by atoms with Crippen molar-refractivity contribution in [3.8, 4) is 0 Å². The number of benzene rings is 2. The highest BCUT2D eigenvalue weighted by Crippen LogP contribution is 2.42. The Hall–Kier alpha value is -3.48. The predicted molar refractivity (Wildman–Crippen MR) is 103 cm³/mol. The molecule has 1 saturated heterocycles. The SMILES string of the molecule is CCCCN1C(=O)C(=O)/C(=C(/O)c2ccccc2)[C@@H]1c1ccccc1[N+](=O)[O-]. The van der Waals surface area contributed by atoms with Crippen molar-refractivity contribution in [2.45, 2.75) is 25.8 Å². The van der Waals surface area contributed by atoms with E-state index in [-0.39, 0.29) is 29.1 Å². The molecule has 0 bridgehead atoms. The van der Waals surface area contributed by atoms with Gasteiger partial charge in [-0.25, -0.2) is 0 Å². The molecule has 0 aromatic heterocycles. The number of carbonyl (C=O) groups is 2. The molecule has 1 aliphatic heterocycles. The van der Waals surface area contributed by atoms with Crippen LogP contribution in [-0.2, 0) is 9.59 Å². The lowest BCUT2D eigenvalue weighted by Crippen LogP contribution is -2.30. The van der Waals surface area contributed by atoms with E-state index in [2.05, 4.69) is 0 Å². The van der Waals surface area contributed by atoms with Gasteiger partial charge in [-0.2, -0.15) is 0 Å². The van der Waals surface area contributed by atoms with Gasteiger partial charge in [0.15, 0.2) is 0 Å². The maximum atomic E-state index is 12.8.